The topological polar surface area (TPSA) is 63.6 Å². The average Bonchev–Trinajstić information content (AvgIpc) is 2.56. The van der Waals surface area contributed by atoms with E-state index in [0.717, 1.165) is 31.6 Å². The average molecular weight is 363 g/mol. The van der Waals surface area contributed by atoms with Gasteiger partial charge >= 0.3 is 11.9 Å². The molecule has 4 heteroatoms. The van der Waals surface area contributed by atoms with Gasteiger partial charge in [-0.05, 0) is 43.2 Å². The Labute approximate surface area is 158 Å². The molecule has 0 fully saturated rings. The third-order valence-corrected chi connectivity index (χ3v) is 4.44. The maximum Gasteiger partial charge on any atom is 0.339 e. The highest BCUT2D eigenvalue weighted by Crippen LogP contribution is 2.20. The minimum atomic E-state index is -1.11. The first kappa shape index (κ1) is 22.2. The molecule has 1 atom stereocenters. The lowest BCUT2D eigenvalue weighted by molar-refractivity contribution is 0.0220. The van der Waals surface area contributed by atoms with E-state index < -0.39 is 11.9 Å². The highest BCUT2D eigenvalue weighted by molar-refractivity contribution is 6.02. The van der Waals surface area contributed by atoms with Crippen LogP contribution in [0, 0.1) is 11.8 Å². The minimum Gasteiger partial charge on any atom is -0.478 e. The molecule has 0 radical (unpaired) electrons. The summed E-state index contributed by atoms with van der Waals surface area (Å²) in [7, 11) is 0. The zero-order valence-corrected chi connectivity index (χ0v) is 16.7. The fourth-order valence-electron chi connectivity index (χ4n) is 3.09. The quantitative estimate of drug-likeness (QED) is 0.368. The summed E-state index contributed by atoms with van der Waals surface area (Å²) in [6.07, 6.45) is 7.37. The van der Waals surface area contributed by atoms with Crippen molar-refractivity contribution in [3.05, 3.63) is 35.4 Å². The van der Waals surface area contributed by atoms with Crippen LogP contribution in [0.3, 0.4) is 0 Å². The van der Waals surface area contributed by atoms with Gasteiger partial charge in [0.05, 0.1) is 11.1 Å². The van der Waals surface area contributed by atoms with E-state index in [1.807, 2.05) is 0 Å². The van der Waals surface area contributed by atoms with Crippen molar-refractivity contribution < 1.29 is 19.4 Å². The molecule has 26 heavy (non-hydrogen) atoms. The molecule has 1 unspecified atom stereocenters. The van der Waals surface area contributed by atoms with Crippen LogP contribution in [0.1, 0.15) is 93.4 Å². The third kappa shape index (κ3) is 8.50. The number of carboxylic acids is 1. The Morgan fingerprint density at radius 1 is 0.885 bits per heavy atom. The fraction of sp³-hybridized carbons (Fsp3) is 0.636. The van der Waals surface area contributed by atoms with Crippen LogP contribution in [0.2, 0.25) is 0 Å². The lowest BCUT2D eigenvalue weighted by Crippen LogP contribution is -2.22. The van der Waals surface area contributed by atoms with Crippen molar-refractivity contribution in [3.8, 4) is 0 Å². The van der Waals surface area contributed by atoms with Crippen molar-refractivity contribution in [2.75, 3.05) is 0 Å². The number of carbonyl (C=O) groups excluding carboxylic acids is 1. The van der Waals surface area contributed by atoms with E-state index in [1.165, 1.54) is 31.4 Å². The summed E-state index contributed by atoms with van der Waals surface area (Å²) in [5.74, 6) is -0.473. The molecule has 1 aromatic rings. The first-order valence-corrected chi connectivity index (χ1v) is 9.84. The molecule has 146 valence electrons. The van der Waals surface area contributed by atoms with Crippen LogP contribution >= 0.6 is 0 Å². The molecule has 0 amide bonds. The van der Waals surface area contributed by atoms with E-state index in [1.54, 1.807) is 12.1 Å². The second kappa shape index (κ2) is 11.7. The first-order chi connectivity index (χ1) is 12.3. The van der Waals surface area contributed by atoms with Crippen LogP contribution in [0.5, 0.6) is 0 Å². The van der Waals surface area contributed by atoms with Gasteiger partial charge in [0.1, 0.15) is 6.10 Å². The Bertz CT molecular complexity index is 563. The number of hydrogen-bond acceptors (Lipinski definition) is 3. The zero-order chi connectivity index (χ0) is 19.5. The van der Waals surface area contributed by atoms with E-state index in [-0.39, 0.29) is 17.2 Å². The van der Waals surface area contributed by atoms with Crippen LogP contribution < -0.4 is 0 Å². The minimum absolute atomic E-state index is 0.00511. The summed E-state index contributed by atoms with van der Waals surface area (Å²) >= 11 is 0. The molecule has 1 aromatic carbocycles. The van der Waals surface area contributed by atoms with Crippen molar-refractivity contribution in [2.24, 2.45) is 11.8 Å². The molecule has 1 N–H and O–H groups in total. The standard InChI is InChI=1S/C22H34O4/c1-16(2)11-7-5-6-8-12-18(15-17(3)4)26-22(25)20-14-10-9-13-19(20)21(23)24/h9-10,13-14,16-18H,5-8,11-12,15H2,1-4H3,(H,23,24). The molecule has 0 saturated heterocycles. The van der Waals surface area contributed by atoms with E-state index in [0.29, 0.717) is 5.92 Å². The smallest absolute Gasteiger partial charge is 0.339 e. The molecule has 0 saturated carbocycles. The second-order valence-corrected chi connectivity index (χ2v) is 7.89. The predicted octanol–water partition coefficient (Wildman–Crippen LogP) is 5.95. The molecule has 4 nitrogen and oxygen atoms in total. The molecule has 0 aliphatic heterocycles. The van der Waals surface area contributed by atoms with E-state index in [4.69, 9.17) is 4.74 Å². The van der Waals surface area contributed by atoms with E-state index in [9.17, 15) is 14.7 Å². The summed E-state index contributed by atoms with van der Waals surface area (Å²) in [6, 6.07) is 6.23. The van der Waals surface area contributed by atoms with Gasteiger partial charge < -0.3 is 9.84 Å². The number of unbranched alkanes of at least 4 members (excludes halogenated alkanes) is 3. The largest absolute Gasteiger partial charge is 0.478 e. The SMILES string of the molecule is CC(C)CCCCCCC(CC(C)C)OC(=O)c1ccccc1C(=O)O. The summed E-state index contributed by atoms with van der Waals surface area (Å²) in [6.45, 7) is 8.70. The predicted molar refractivity (Wildman–Crippen MR) is 105 cm³/mol. The summed E-state index contributed by atoms with van der Waals surface area (Å²) < 4.78 is 5.68. The van der Waals surface area contributed by atoms with Crippen molar-refractivity contribution >= 4 is 11.9 Å². The number of aromatic carboxylic acids is 1. The number of hydrogen-bond donors (Lipinski definition) is 1. The normalized spacial score (nSPS) is 12.4. The molecule has 0 spiro atoms. The molecular weight excluding hydrogens is 328 g/mol. The lowest BCUT2D eigenvalue weighted by Gasteiger charge is -2.20. The van der Waals surface area contributed by atoms with Crippen LogP contribution in [-0.4, -0.2) is 23.1 Å². The number of carboxylic acid groups (broad SMARTS) is 1. The van der Waals surface area contributed by atoms with Crippen molar-refractivity contribution in [1.82, 2.24) is 0 Å². The monoisotopic (exact) mass is 362 g/mol. The molecule has 0 aromatic heterocycles. The molecular formula is C22H34O4. The van der Waals surface area contributed by atoms with Crippen LogP contribution in [0.25, 0.3) is 0 Å². The number of rotatable bonds is 12. The first-order valence-electron chi connectivity index (χ1n) is 9.84. The van der Waals surface area contributed by atoms with Gasteiger partial charge in [0, 0.05) is 0 Å². The van der Waals surface area contributed by atoms with Crippen molar-refractivity contribution in [2.45, 2.75) is 78.7 Å². The fourth-order valence-corrected chi connectivity index (χ4v) is 3.09. The Morgan fingerprint density at radius 3 is 2.00 bits per heavy atom. The van der Waals surface area contributed by atoms with Gasteiger partial charge in [-0.1, -0.05) is 65.5 Å². The Balaban J connectivity index is 2.58. The van der Waals surface area contributed by atoms with Gasteiger partial charge in [0.2, 0.25) is 0 Å². The van der Waals surface area contributed by atoms with Crippen LogP contribution in [0.15, 0.2) is 24.3 Å². The van der Waals surface area contributed by atoms with Gasteiger partial charge in [0.15, 0.2) is 0 Å². The van der Waals surface area contributed by atoms with E-state index in [2.05, 4.69) is 27.7 Å². The van der Waals surface area contributed by atoms with Gasteiger partial charge in [-0.15, -0.1) is 0 Å². The Kier molecular flexibility index (Phi) is 10.0. The lowest BCUT2D eigenvalue weighted by atomic mass is 9.99. The summed E-state index contributed by atoms with van der Waals surface area (Å²) in [4.78, 5) is 23.8. The zero-order valence-electron chi connectivity index (χ0n) is 16.7. The molecule has 0 aliphatic rings. The van der Waals surface area contributed by atoms with Crippen molar-refractivity contribution in [1.29, 1.82) is 0 Å². The van der Waals surface area contributed by atoms with Gasteiger partial charge in [-0.2, -0.15) is 0 Å². The highest BCUT2D eigenvalue weighted by atomic mass is 16.5. The maximum absolute atomic E-state index is 12.5. The molecule has 0 bridgehead atoms. The number of benzene rings is 1. The van der Waals surface area contributed by atoms with Crippen LogP contribution in [-0.2, 0) is 4.74 Å². The summed E-state index contributed by atoms with van der Waals surface area (Å²) in [5.41, 5.74) is 0.125. The number of ether oxygens (including phenoxy) is 1. The Morgan fingerprint density at radius 2 is 1.46 bits per heavy atom. The van der Waals surface area contributed by atoms with Crippen molar-refractivity contribution in [3.63, 3.8) is 0 Å². The second-order valence-electron chi connectivity index (χ2n) is 7.89. The molecule has 0 aliphatic carbocycles. The van der Waals surface area contributed by atoms with Gasteiger partial charge in [-0.3, -0.25) is 0 Å². The maximum atomic E-state index is 12.5. The number of carbonyl (C=O) groups is 2. The summed E-state index contributed by atoms with van der Waals surface area (Å²) in [5, 5.41) is 9.25. The third-order valence-electron chi connectivity index (χ3n) is 4.44. The number of esters is 1. The Hall–Kier alpha value is -1.84. The van der Waals surface area contributed by atoms with E-state index >= 15 is 0 Å². The highest BCUT2D eigenvalue weighted by Gasteiger charge is 2.21. The van der Waals surface area contributed by atoms with Crippen LogP contribution in [0.4, 0.5) is 0 Å². The van der Waals surface area contributed by atoms with Gasteiger partial charge in [-0.25, -0.2) is 9.59 Å². The van der Waals surface area contributed by atoms with Gasteiger partial charge in [0.25, 0.3) is 0 Å². The molecule has 1 rings (SSSR count). The molecule has 0 heterocycles.